The van der Waals surface area contributed by atoms with Crippen LogP contribution < -0.4 is 11.1 Å². The summed E-state index contributed by atoms with van der Waals surface area (Å²) in [6.07, 6.45) is 1.94. The second-order valence-corrected chi connectivity index (χ2v) is 6.00. The zero-order chi connectivity index (χ0) is 17.8. The van der Waals surface area contributed by atoms with Gasteiger partial charge in [0.1, 0.15) is 12.4 Å². The zero-order valence-corrected chi connectivity index (χ0v) is 14.0. The minimum absolute atomic E-state index is 0.0298. The molecule has 0 spiro atoms. The minimum atomic E-state index is -0.757. The number of aromatic nitrogens is 2. The molecule has 0 saturated carbocycles. The minimum Gasteiger partial charge on any atom is -0.388 e. The van der Waals surface area contributed by atoms with E-state index in [1.807, 2.05) is 24.5 Å². The van der Waals surface area contributed by atoms with Gasteiger partial charge in [0.2, 0.25) is 11.8 Å². The summed E-state index contributed by atoms with van der Waals surface area (Å²) in [6, 6.07) is 12.7. The maximum Gasteiger partial charge on any atom is 0.437 e. The molecule has 0 atom stereocenters. The normalized spacial score (nSPS) is 10.6. The van der Waals surface area contributed by atoms with E-state index in [0.717, 1.165) is 9.58 Å². The van der Waals surface area contributed by atoms with Gasteiger partial charge in [-0.05, 0) is 48.7 Å². The van der Waals surface area contributed by atoms with E-state index in [2.05, 4.69) is 10.4 Å². The molecule has 1 aromatic heterocycles. The molecule has 0 aliphatic carbocycles. The molecule has 0 aliphatic rings. The number of nitrogens with zero attached hydrogens (tertiary/aromatic N) is 2. The number of hydrogen-bond donors (Lipinski definition) is 1. The van der Waals surface area contributed by atoms with Crippen LogP contribution in [0.2, 0.25) is 0 Å². The molecule has 25 heavy (non-hydrogen) atoms. The van der Waals surface area contributed by atoms with Gasteiger partial charge in [0.05, 0.1) is 0 Å². The third-order valence-electron chi connectivity index (χ3n) is 3.34. The van der Waals surface area contributed by atoms with Crippen LogP contribution in [0.4, 0.5) is 10.1 Å². The van der Waals surface area contributed by atoms with Crippen molar-refractivity contribution >= 4 is 23.4 Å². The van der Waals surface area contributed by atoms with Gasteiger partial charge in [0.25, 0.3) is 0 Å². The molecule has 1 amide bonds. The van der Waals surface area contributed by atoms with E-state index < -0.39 is 17.5 Å². The Morgan fingerprint density at radius 3 is 2.76 bits per heavy atom. The molecule has 3 aromatic rings. The van der Waals surface area contributed by atoms with Gasteiger partial charge in [-0.15, -0.1) is 16.9 Å². The second-order valence-electron chi connectivity index (χ2n) is 5.12. The third kappa shape index (κ3) is 4.16. The number of rotatable bonds is 5. The van der Waals surface area contributed by atoms with E-state index >= 15 is 0 Å². The molecule has 3 rings (SSSR count). The second kappa shape index (κ2) is 7.35. The summed E-state index contributed by atoms with van der Waals surface area (Å²) in [5.41, 5.74) is 1.08. The van der Waals surface area contributed by atoms with Crippen LogP contribution in [0.3, 0.4) is 0 Å². The van der Waals surface area contributed by atoms with Crippen molar-refractivity contribution in [3.8, 4) is 11.5 Å². The molecule has 6 nitrogen and oxygen atoms in total. The van der Waals surface area contributed by atoms with Crippen LogP contribution in [-0.2, 0) is 11.3 Å². The summed E-state index contributed by atoms with van der Waals surface area (Å²) in [7, 11) is 0. The quantitative estimate of drug-likeness (QED) is 0.709. The van der Waals surface area contributed by atoms with Crippen molar-refractivity contribution in [1.82, 2.24) is 9.78 Å². The molecule has 1 heterocycles. The van der Waals surface area contributed by atoms with E-state index in [0.29, 0.717) is 11.3 Å². The maximum atomic E-state index is 12.9. The van der Waals surface area contributed by atoms with Crippen LogP contribution in [0, 0.1) is 5.82 Å². The van der Waals surface area contributed by atoms with Crippen molar-refractivity contribution in [2.24, 2.45) is 0 Å². The molecule has 0 saturated heterocycles. The van der Waals surface area contributed by atoms with E-state index in [1.165, 1.54) is 24.3 Å². The van der Waals surface area contributed by atoms with E-state index in [1.54, 1.807) is 17.8 Å². The van der Waals surface area contributed by atoms with Crippen LogP contribution in [-0.4, -0.2) is 21.9 Å². The lowest BCUT2D eigenvalue weighted by molar-refractivity contribution is -0.117. The van der Waals surface area contributed by atoms with Gasteiger partial charge >= 0.3 is 5.76 Å². The van der Waals surface area contributed by atoms with Crippen molar-refractivity contribution < 1.29 is 13.6 Å². The molecule has 0 unspecified atom stereocenters. The van der Waals surface area contributed by atoms with Crippen molar-refractivity contribution in [3.05, 3.63) is 64.9 Å². The molecular formula is C17H14FN3O3S. The molecule has 128 valence electrons. The number of benzene rings is 2. The van der Waals surface area contributed by atoms with E-state index in [4.69, 9.17) is 4.42 Å². The van der Waals surface area contributed by atoms with Gasteiger partial charge in [-0.2, -0.15) is 4.68 Å². The molecule has 0 fully saturated rings. The van der Waals surface area contributed by atoms with Crippen LogP contribution in [0.25, 0.3) is 11.5 Å². The highest BCUT2D eigenvalue weighted by Crippen LogP contribution is 2.19. The highest BCUT2D eigenvalue weighted by molar-refractivity contribution is 7.98. The van der Waals surface area contributed by atoms with Gasteiger partial charge in [-0.25, -0.2) is 9.18 Å². The van der Waals surface area contributed by atoms with Crippen LogP contribution in [0.1, 0.15) is 0 Å². The first-order chi connectivity index (χ1) is 12.0. The summed E-state index contributed by atoms with van der Waals surface area (Å²) < 4.78 is 18.9. The lowest BCUT2D eigenvalue weighted by atomic mass is 10.2. The average Bonchev–Trinajstić information content (AvgIpc) is 2.96. The molecule has 1 N–H and O–H groups in total. The molecule has 0 radical (unpaired) electrons. The Hall–Kier alpha value is -2.87. The fraction of sp³-hybridized carbons (Fsp3) is 0.118. The number of carbonyl (C=O) groups is 1. The number of halogens is 1. The Labute approximate surface area is 146 Å². The van der Waals surface area contributed by atoms with Crippen molar-refractivity contribution in [2.45, 2.75) is 11.4 Å². The number of carbonyl (C=O) groups excluding carboxylic acids is 1. The topological polar surface area (TPSA) is 77.1 Å². The standard InChI is InChI=1S/C17H14FN3O3S/c1-25-14-4-2-3-13(9-14)19-15(22)10-21-17(23)24-16(20-21)11-5-7-12(18)8-6-11/h2-9H,10H2,1H3,(H,19,22). The SMILES string of the molecule is CSc1cccc(NC(=O)Cn2nc(-c3ccc(F)cc3)oc2=O)c1. The highest BCUT2D eigenvalue weighted by atomic mass is 32.2. The number of anilines is 1. The molecular weight excluding hydrogens is 345 g/mol. The van der Waals surface area contributed by atoms with Gasteiger partial charge in [0.15, 0.2) is 0 Å². The number of amides is 1. The largest absolute Gasteiger partial charge is 0.437 e. The third-order valence-corrected chi connectivity index (χ3v) is 4.07. The lowest BCUT2D eigenvalue weighted by Crippen LogP contribution is -2.25. The van der Waals surface area contributed by atoms with Crippen LogP contribution in [0.5, 0.6) is 0 Å². The fourth-order valence-electron chi connectivity index (χ4n) is 2.15. The first-order valence-electron chi connectivity index (χ1n) is 7.33. The lowest BCUT2D eigenvalue weighted by Gasteiger charge is -2.05. The summed E-state index contributed by atoms with van der Waals surface area (Å²) in [5.74, 6) is -1.54. The van der Waals surface area contributed by atoms with Crippen LogP contribution >= 0.6 is 11.8 Å². The summed E-state index contributed by atoms with van der Waals surface area (Å²) >= 11 is 1.56. The zero-order valence-electron chi connectivity index (χ0n) is 13.2. The van der Waals surface area contributed by atoms with E-state index in [9.17, 15) is 14.0 Å². The summed E-state index contributed by atoms with van der Waals surface area (Å²) in [6.45, 7) is -0.285. The Morgan fingerprint density at radius 2 is 2.04 bits per heavy atom. The Balaban J connectivity index is 1.73. The molecule has 0 bridgehead atoms. The number of thioether (sulfide) groups is 1. The number of hydrogen-bond acceptors (Lipinski definition) is 5. The van der Waals surface area contributed by atoms with Gasteiger partial charge in [-0.3, -0.25) is 4.79 Å². The Bertz CT molecular complexity index is 950. The summed E-state index contributed by atoms with van der Waals surface area (Å²) in [4.78, 5) is 25.0. The first kappa shape index (κ1) is 17.0. The Kier molecular flexibility index (Phi) is 4.99. The van der Waals surface area contributed by atoms with Gasteiger partial charge in [0, 0.05) is 16.1 Å². The predicted octanol–water partition coefficient (Wildman–Crippen LogP) is 3.00. The molecule has 2 aromatic carbocycles. The predicted molar refractivity (Wildman–Crippen MR) is 93.0 cm³/mol. The van der Waals surface area contributed by atoms with Gasteiger partial charge < -0.3 is 9.73 Å². The van der Waals surface area contributed by atoms with Crippen molar-refractivity contribution in [1.29, 1.82) is 0 Å². The van der Waals surface area contributed by atoms with E-state index in [-0.39, 0.29) is 12.4 Å². The van der Waals surface area contributed by atoms with Crippen molar-refractivity contribution in [2.75, 3.05) is 11.6 Å². The average molecular weight is 359 g/mol. The highest BCUT2D eigenvalue weighted by Gasteiger charge is 2.13. The fourth-order valence-corrected chi connectivity index (χ4v) is 2.61. The Morgan fingerprint density at radius 1 is 1.28 bits per heavy atom. The van der Waals surface area contributed by atoms with Crippen molar-refractivity contribution in [3.63, 3.8) is 0 Å². The van der Waals surface area contributed by atoms with Gasteiger partial charge in [-0.1, -0.05) is 6.07 Å². The molecule has 8 heteroatoms. The summed E-state index contributed by atoms with van der Waals surface area (Å²) in [5, 5.41) is 6.68. The van der Waals surface area contributed by atoms with Crippen LogP contribution in [0.15, 0.2) is 62.6 Å². The smallest absolute Gasteiger partial charge is 0.388 e. The first-order valence-corrected chi connectivity index (χ1v) is 8.55. The maximum absolute atomic E-state index is 12.9. The number of nitrogens with one attached hydrogen (secondary N) is 1. The molecule has 0 aliphatic heterocycles. The monoisotopic (exact) mass is 359 g/mol.